The number of alkyl halides is 3. The normalized spacial score (nSPS) is 18.4. The molecule has 6 nitrogen and oxygen atoms in total. The van der Waals surface area contributed by atoms with E-state index in [4.69, 9.17) is 11.6 Å². The smallest absolute Gasteiger partial charge is 0.408 e. The Morgan fingerprint density at radius 3 is 2.49 bits per heavy atom. The van der Waals surface area contributed by atoms with Crippen molar-refractivity contribution in [3.05, 3.63) is 97.9 Å². The molecule has 2 heterocycles. The van der Waals surface area contributed by atoms with Crippen LogP contribution in [0.1, 0.15) is 45.7 Å². The number of benzene rings is 2. The molecule has 1 aliphatic heterocycles. The Balaban J connectivity index is 1.79. The number of hydrogen-bond acceptors (Lipinski definition) is 4. The molecule has 0 radical (unpaired) electrons. The van der Waals surface area contributed by atoms with E-state index in [9.17, 15) is 27.9 Å². The average molecular weight is 504 g/mol. The summed E-state index contributed by atoms with van der Waals surface area (Å²) in [5.74, 6) is -1.97. The van der Waals surface area contributed by atoms with Gasteiger partial charge in [-0.15, -0.1) is 0 Å². The summed E-state index contributed by atoms with van der Waals surface area (Å²) in [6, 6.07) is 11.3. The second-order valence-electron chi connectivity index (χ2n) is 8.70. The molecule has 1 aliphatic carbocycles. The van der Waals surface area contributed by atoms with Gasteiger partial charge in [-0.2, -0.15) is 13.2 Å². The zero-order chi connectivity index (χ0) is 25.1. The van der Waals surface area contributed by atoms with Crippen LogP contribution in [0, 0.1) is 0 Å². The third-order valence-electron chi connectivity index (χ3n) is 6.77. The highest BCUT2D eigenvalue weighted by Crippen LogP contribution is 2.41. The number of amides is 1. The lowest BCUT2D eigenvalue weighted by Crippen LogP contribution is -2.60. The maximum Gasteiger partial charge on any atom is 0.408 e. The van der Waals surface area contributed by atoms with Crippen LogP contribution in [0.15, 0.2) is 59.5 Å². The topological polar surface area (TPSA) is 65.8 Å². The van der Waals surface area contributed by atoms with Gasteiger partial charge in [0.1, 0.15) is 12.7 Å². The highest BCUT2D eigenvalue weighted by atomic mass is 35.5. The van der Waals surface area contributed by atoms with Crippen LogP contribution in [0.25, 0.3) is 0 Å². The number of carbonyl (C=O) groups excluding carboxylic acids is 1. The summed E-state index contributed by atoms with van der Waals surface area (Å²) in [7, 11) is 0. The number of fused-ring (bicyclic) bond motifs is 3. The summed E-state index contributed by atoms with van der Waals surface area (Å²) >= 11 is 6.55. The predicted octanol–water partition coefficient (Wildman–Crippen LogP) is 4.40. The van der Waals surface area contributed by atoms with E-state index in [-0.39, 0.29) is 0 Å². The van der Waals surface area contributed by atoms with E-state index in [1.807, 2.05) is 30.3 Å². The zero-order valence-electron chi connectivity index (χ0n) is 18.6. The molecule has 1 aromatic heterocycles. The van der Waals surface area contributed by atoms with Gasteiger partial charge in [-0.3, -0.25) is 19.3 Å². The van der Waals surface area contributed by atoms with Crippen LogP contribution < -0.4 is 10.4 Å². The summed E-state index contributed by atoms with van der Waals surface area (Å²) in [5, 5.41) is 12.6. The van der Waals surface area contributed by atoms with Crippen molar-refractivity contribution in [2.45, 2.75) is 38.0 Å². The molecule has 182 valence electrons. The summed E-state index contributed by atoms with van der Waals surface area (Å²) in [5.41, 5.74) is 2.10. The molecular formula is C25H21ClF3N3O3. The number of rotatable bonds is 2. The highest BCUT2D eigenvalue weighted by Gasteiger charge is 2.47. The second-order valence-corrected chi connectivity index (χ2v) is 9.11. The minimum atomic E-state index is -4.71. The lowest BCUT2D eigenvalue weighted by Gasteiger charge is -2.46. The van der Waals surface area contributed by atoms with Gasteiger partial charge in [0.2, 0.25) is 5.43 Å². The van der Waals surface area contributed by atoms with Crippen molar-refractivity contribution in [2.24, 2.45) is 0 Å². The number of pyridine rings is 1. The fourth-order valence-electron chi connectivity index (χ4n) is 4.91. The van der Waals surface area contributed by atoms with Crippen molar-refractivity contribution >= 4 is 17.5 Å². The monoisotopic (exact) mass is 503 g/mol. The van der Waals surface area contributed by atoms with Crippen LogP contribution in [0.2, 0.25) is 5.02 Å². The van der Waals surface area contributed by atoms with Gasteiger partial charge >= 0.3 is 6.18 Å². The van der Waals surface area contributed by atoms with Crippen molar-refractivity contribution in [3.8, 4) is 5.75 Å². The number of aryl methyl sites for hydroxylation is 1. The van der Waals surface area contributed by atoms with Crippen LogP contribution in [0.4, 0.5) is 13.2 Å². The van der Waals surface area contributed by atoms with Gasteiger partial charge in [0.25, 0.3) is 5.91 Å². The fourth-order valence-corrected chi connectivity index (χ4v) is 5.18. The van der Waals surface area contributed by atoms with E-state index >= 15 is 0 Å². The summed E-state index contributed by atoms with van der Waals surface area (Å²) in [6.07, 6.45) is -2.11. The van der Waals surface area contributed by atoms with Crippen LogP contribution in [0.5, 0.6) is 5.75 Å². The van der Waals surface area contributed by atoms with Gasteiger partial charge < -0.3 is 10.0 Å². The molecule has 1 amide bonds. The van der Waals surface area contributed by atoms with Crippen LogP contribution in [-0.2, 0) is 12.8 Å². The minimum Gasteiger partial charge on any atom is -0.502 e. The zero-order valence-corrected chi connectivity index (χ0v) is 19.3. The molecule has 2 aliphatic rings. The first-order valence-electron chi connectivity index (χ1n) is 11.0. The Labute approximate surface area is 203 Å². The van der Waals surface area contributed by atoms with Gasteiger partial charge in [0, 0.05) is 17.3 Å². The van der Waals surface area contributed by atoms with Crippen molar-refractivity contribution in [1.29, 1.82) is 0 Å². The first-order valence-corrected chi connectivity index (χ1v) is 11.4. The standard InChI is InChI=1S/C25H21ClF3N3O3/c1-14(25(27,28)29)30-13-32(31-12-11-20(33)23(34)22(31)24(30)35)21-16-6-3-2-5-15(16)9-10-17-18(21)7-4-8-19(17)26/h2-8,11-12,14,21,34H,9-10,13H2,1H3/t14-,21+/m1/s1. The van der Waals surface area contributed by atoms with E-state index < -0.39 is 47.7 Å². The second kappa shape index (κ2) is 8.34. The van der Waals surface area contributed by atoms with Gasteiger partial charge in [-0.1, -0.05) is 48.0 Å². The number of nitrogens with zero attached hydrogens (tertiary/aromatic N) is 3. The Kier molecular flexibility index (Phi) is 5.55. The molecule has 0 spiro atoms. The van der Waals surface area contributed by atoms with Crippen LogP contribution >= 0.6 is 11.6 Å². The minimum absolute atomic E-state index is 0.431. The van der Waals surface area contributed by atoms with Crippen LogP contribution in [0.3, 0.4) is 0 Å². The average Bonchev–Trinajstić information content (AvgIpc) is 2.98. The first kappa shape index (κ1) is 23.3. The van der Waals surface area contributed by atoms with Crippen molar-refractivity contribution in [2.75, 3.05) is 11.7 Å². The maximum atomic E-state index is 13.8. The third-order valence-corrected chi connectivity index (χ3v) is 7.13. The van der Waals surface area contributed by atoms with Gasteiger partial charge in [0.15, 0.2) is 11.4 Å². The lowest BCUT2D eigenvalue weighted by molar-refractivity contribution is -0.173. The number of carbonyl (C=O) groups is 1. The van der Waals surface area contributed by atoms with E-state index in [1.165, 1.54) is 10.9 Å². The van der Waals surface area contributed by atoms with Crippen LogP contribution in [-0.4, -0.2) is 39.5 Å². The summed E-state index contributed by atoms with van der Waals surface area (Å²) in [4.78, 5) is 26.0. The number of aromatic nitrogens is 1. The van der Waals surface area contributed by atoms with E-state index in [0.29, 0.717) is 22.8 Å². The Hall–Kier alpha value is -3.46. The quantitative estimate of drug-likeness (QED) is 0.563. The van der Waals surface area contributed by atoms with Gasteiger partial charge in [-0.25, -0.2) is 0 Å². The number of aromatic hydroxyl groups is 1. The molecule has 1 N–H and O–H groups in total. The maximum absolute atomic E-state index is 13.8. The predicted molar refractivity (Wildman–Crippen MR) is 124 cm³/mol. The number of hydrogen-bond donors (Lipinski definition) is 1. The molecule has 3 aromatic rings. The SMILES string of the molecule is C[C@@H](N1CN([C@H]2c3ccccc3CCc3c(Cl)cccc32)n2ccc(=O)c(O)c2C1=O)C(F)(F)F. The van der Waals surface area contributed by atoms with Crippen molar-refractivity contribution in [1.82, 2.24) is 9.58 Å². The van der Waals surface area contributed by atoms with Gasteiger partial charge in [0.05, 0.1) is 6.04 Å². The lowest BCUT2D eigenvalue weighted by atomic mass is 9.94. The molecule has 0 unspecified atom stereocenters. The summed E-state index contributed by atoms with van der Waals surface area (Å²) < 4.78 is 42.6. The fraction of sp³-hybridized carbons (Fsp3) is 0.280. The Morgan fingerprint density at radius 2 is 1.74 bits per heavy atom. The molecule has 0 saturated heterocycles. The molecule has 5 rings (SSSR count). The van der Waals surface area contributed by atoms with Crippen molar-refractivity contribution < 1.29 is 23.1 Å². The molecule has 35 heavy (non-hydrogen) atoms. The first-order chi connectivity index (χ1) is 16.6. The Bertz CT molecular complexity index is 1390. The largest absolute Gasteiger partial charge is 0.502 e. The molecule has 0 fully saturated rings. The highest BCUT2D eigenvalue weighted by molar-refractivity contribution is 6.31. The molecule has 2 atom stereocenters. The molecular weight excluding hydrogens is 483 g/mol. The van der Waals surface area contributed by atoms with Gasteiger partial charge in [-0.05, 0) is 48.1 Å². The van der Waals surface area contributed by atoms with Crippen molar-refractivity contribution in [3.63, 3.8) is 0 Å². The molecule has 0 saturated carbocycles. The number of halogens is 4. The van der Waals surface area contributed by atoms with E-state index in [0.717, 1.165) is 35.2 Å². The van der Waals surface area contributed by atoms with E-state index in [2.05, 4.69) is 0 Å². The molecule has 10 heteroatoms. The Morgan fingerprint density at radius 1 is 1.03 bits per heavy atom. The summed E-state index contributed by atoms with van der Waals surface area (Å²) in [6.45, 7) is 0.454. The van der Waals surface area contributed by atoms with E-state index in [1.54, 1.807) is 17.1 Å². The molecule has 2 aromatic carbocycles. The molecule has 0 bridgehead atoms. The third kappa shape index (κ3) is 3.74.